The highest BCUT2D eigenvalue weighted by atomic mass is 16.6. The van der Waals surface area contributed by atoms with Gasteiger partial charge < -0.3 is 19.7 Å². The summed E-state index contributed by atoms with van der Waals surface area (Å²) < 4.78 is 11.1. The summed E-state index contributed by atoms with van der Waals surface area (Å²) in [7, 11) is 0. The monoisotopic (exact) mass is 502 g/mol. The van der Waals surface area contributed by atoms with E-state index in [1.807, 2.05) is 76.2 Å². The Morgan fingerprint density at radius 1 is 1.00 bits per heavy atom. The molecule has 0 radical (unpaired) electrons. The van der Waals surface area contributed by atoms with Crippen molar-refractivity contribution in [3.05, 3.63) is 54.2 Å². The number of rotatable bonds is 5. The van der Waals surface area contributed by atoms with Gasteiger partial charge in [0.15, 0.2) is 5.82 Å². The molecule has 0 spiro atoms. The number of fused-ring (bicyclic) bond motifs is 2. The first-order valence-corrected chi connectivity index (χ1v) is 13.0. The molecule has 194 valence electrons. The molecule has 1 aromatic heterocycles. The van der Waals surface area contributed by atoms with E-state index in [1.54, 1.807) is 4.90 Å². The van der Waals surface area contributed by atoms with Gasteiger partial charge in [0.2, 0.25) is 0 Å². The molecule has 1 saturated heterocycles. The van der Waals surface area contributed by atoms with Crippen LogP contribution < -0.4 is 10.1 Å². The van der Waals surface area contributed by atoms with Crippen LogP contribution in [0.4, 0.5) is 4.79 Å². The third-order valence-electron chi connectivity index (χ3n) is 6.98. The predicted octanol–water partition coefficient (Wildman–Crippen LogP) is 5.07. The van der Waals surface area contributed by atoms with Gasteiger partial charge >= 0.3 is 6.09 Å². The van der Waals surface area contributed by atoms with E-state index in [4.69, 9.17) is 19.4 Å². The van der Waals surface area contributed by atoms with Crippen LogP contribution in [0.25, 0.3) is 22.3 Å². The maximum atomic E-state index is 13.5. The fourth-order valence-corrected chi connectivity index (χ4v) is 5.39. The largest absolute Gasteiger partial charge is 0.494 e. The minimum absolute atomic E-state index is 0.0472. The summed E-state index contributed by atoms with van der Waals surface area (Å²) in [4.78, 5) is 37.2. The van der Waals surface area contributed by atoms with E-state index in [2.05, 4.69) is 5.32 Å². The molecule has 5 rings (SSSR count). The van der Waals surface area contributed by atoms with E-state index < -0.39 is 5.60 Å². The number of hydrogen-bond acceptors (Lipinski definition) is 6. The summed E-state index contributed by atoms with van der Waals surface area (Å²) in [5.41, 5.74) is 1.42. The predicted molar refractivity (Wildman–Crippen MR) is 141 cm³/mol. The highest BCUT2D eigenvalue weighted by Crippen LogP contribution is 2.39. The maximum absolute atomic E-state index is 13.5. The van der Waals surface area contributed by atoms with Crippen molar-refractivity contribution in [2.75, 3.05) is 19.7 Å². The van der Waals surface area contributed by atoms with E-state index >= 15 is 0 Å². The standard InChI is InChI=1S/C29H34N4O4/c1-5-36-22-12-10-18(11-13-22)26-31-24-9-7-6-8-23(24)25(32-26)27(34)30-21-14-19-16-33(17-20(19)15-21)28(35)37-29(2,3)4/h6-13,19-21H,5,14-17H2,1-4H3,(H,30,34)/t19-,20+,21?. The fourth-order valence-electron chi connectivity index (χ4n) is 5.39. The van der Waals surface area contributed by atoms with Crippen LogP contribution in [0.1, 0.15) is 51.0 Å². The van der Waals surface area contributed by atoms with E-state index in [9.17, 15) is 9.59 Å². The van der Waals surface area contributed by atoms with Gasteiger partial charge in [-0.1, -0.05) is 18.2 Å². The van der Waals surface area contributed by atoms with Crippen molar-refractivity contribution in [3.63, 3.8) is 0 Å². The molecule has 1 N–H and O–H groups in total. The average Bonchev–Trinajstić information content (AvgIpc) is 3.42. The molecular weight excluding hydrogens is 468 g/mol. The van der Waals surface area contributed by atoms with Crippen LogP contribution in [-0.2, 0) is 4.74 Å². The summed E-state index contributed by atoms with van der Waals surface area (Å²) in [5, 5.41) is 3.94. The zero-order valence-electron chi connectivity index (χ0n) is 21.9. The molecule has 2 amide bonds. The second kappa shape index (κ2) is 10.00. The molecule has 1 saturated carbocycles. The summed E-state index contributed by atoms with van der Waals surface area (Å²) in [6.45, 7) is 9.52. The minimum Gasteiger partial charge on any atom is -0.494 e. The number of nitrogens with zero attached hydrogens (tertiary/aromatic N) is 3. The molecule has 8 nitrogen and oxygen atoms in total. The number of hydrogen-bond donors (Lipinski definition) is 1. The summed E-state index contributed by atoms with van der Waals surface area (Å²) in [6.07, 6.45) is 1.42. The lowest BCUT2D eigenvalue weighted by atomic mass is 10.0. The second-order valence-electron chi connectivity index (χ2n) is 10.9. The van der Waals surface area contributed by atoms with Crippen LogP contribution in [0.3, 0.4) is 0 Å². The van der Waals surface area contributed by atoms with Gasteiger partial charge in [-0.25, -0.2) is 14.8 Å². The van der Waals surface area contributed by atoms with Crippen molar-refractivity contribution in [3.8, 4) is 17.1 Å². The van der Waals surface area contributed by atoms with Crippen molar-refractivity contribution < 1.29 is 19.1 Å². The molecule has 37 heavy (non-hydrogen) atoms. The van der Waals surface area contributed by atoms with Crippen LogP contribution in [0.5, 0.6) is 5.75 Å². The van der Waals surface area contributed by atoms with Gasteiger partial charge in [-0.15, -0.1) is 0 Å². The molecule has 2 aromatic carbocycles. The fraction of sp³-hybridized carbons (Fsp3) is 0.448. The van der Waals surface area contributed by atoms with Gasteiger partial charge in [0, 0.05) is 30.1 Å². The van der Waals surface area contributed by atoms with Gasteiger partial charge in [0.25, 0.3) is 5.91 Å². The Morgan fingerprint density at radius 2 is 1.68 bits per heavy atom. The second-order valence-corrected chi connectivity index (χ2v) is 10.9. The van der Waals surface area contributed by atoms with E-state index in [-0.39, 0.29) is 18.0 Å². The third-order valence-corrected chi connectivity index (χ3v) is 6.98. The molecule has 2 aliphatic rings. The Morgan fingerprint density at radius 3 is 2.32 bits per heavy atom. The van der Waals surface area contributed by atoms with Gasteiger partial charge in [0.05, 0.1) is 12.1 Å². The zero-order chi connectivity index (χ0) is 26.2. The lowest BCUT2D eigenvalue weighted by molar-refractivity contribution is 0.0278. The van der Waals surface area contributed by atoms with Crippen molar-refractivity contribution >= 4 is 22.9 Å². The first kappa shape index (κ1) is 25.0. The molecular formula is C29H34N4O4. The lowest BCUT2D eigenvalue weighted by Gasteiger charge is -2.25. The number of ether oxygens (including phenoxy) is 2. The van der Waals surface area contributed by atoms with Crippen LogP contribution >= 0.6 is 0 Å². The molecule has 2 heterocycles. The first-order chi connectivity index (χ1) is 17.7. The Hall–Kier alpha value is -3.68. The lowest BCUT2D eigenvalue weighted by Crippen LogP contribution is -2.38. The van der Waals surface area contributed by atoms with Gasteiger partial charge in [0.1, 0.15) is 17.0 Å². The SMILES string of the molecule is CCOc1ccc(-c2nc(C(=O)NC3C[C@@H]4CN(C(=O)OC(C)(C)C)C[C@@H]4C3)c3ccccc3n2)cc1. The summed E-state index contributed by atoms with van der Waals surface area (Å²) in [6, 6.07) is 15.2. The van der Waals surface area contributed by atoms with Crippen LogP contribution in [0, 0.1) is 11.8 Å². The molecule has 1 aliphatic carbocycles. The van der Waals surface area contributed by atoms with Crippen molar-refractivity contribution in [1.29, 1.82) is 0 Å². The normalized spacial score (nSPS) is 21.1. The third kappa shape index (κ3) is 5.53. The zero-order valence-corrected chi connectivity index (χ0v) is 21.9. The van der Waals surface area contributed by atoms with E-state index in [0.29, 0.717) is 43.1 Å². The van der Waals surface area contributed by atoms with E-state index in [0.717, 1.165) is 35.1 Å². The number of para-hydroxylation sites is 1. The maximum Gasteiger partial charge on any atom is 0.410 e. The number of benzene rings is 2. The Labute approximate surface area is 217 Å². The minimum atomic E-state index is -0.504. The van der Waals surface area contributed by atoms with Gasteiger partial charge in [-0.05, 0) is 82.7 Å². The van der Waals surface area contributed by atoms with Gasteiger partial charge in [-0.2, -0.15) is 0 Å². The van der Waals surface area contributed by atoms with Crippen LogP contribution in [0.15, 0.2) is 48.5 Å². The highest BCUT2D eigenvalue weighted by Gasteiger charge is 2.44. The Balaban J connectivity index is 1.30. The quantitative estimate of drug-likeness (QED) is 0.524. The van der Waals surface area contributed by atoms with Crippen LogP contribution in [-0.4, -0.2) is 58.2 Å². The molecule has 2 fully saturated rings. The number of likely N-dealkylation sites (tertiary alicyclic amines) is 1. The molecule has 1 unspecified atom stereocenters. The molecule has 3 aromatic rings. The topological polar surface area (TPSA) is 93.7 Å². The highest BCUT2D eigenvalue weighted by molar-refractivity contribution is 6.05. The number of carbonyl (C=O) groups is 2. The first-order valence-electron chi connectivity index (χ1n) is 13.0. The number of aromatic nitrogens is 2. The van der Waals surface area contributed by atoms with Crippen molar-refractivity contribution in [2.45, 2.75) is 52.2 Å². The Kier molecular flexibility index (Phi) is 6.75. The number of carbonyl (C=O) groups excluding carboxylic acids is 2. The smallest absolute Gasteiger partial charge is 0.410 e. The molecule has 8 heteroatoms. The Bertz CT molecular complexity index is 1290. The average molecular weight is 503 g/mol. The molecule has 1 aliphatic heterocycles. The van der Waals surface area contributed by atoms with Gasteiger partial charge in [-0.3, -0.25) is 4.79 Å². The van der Waals surface area contributed by atoms with Crippen LogP contribution in [0.2, 0.25) is 0 Å². The number of amides is 2. The number of nitrogens with one attached hydrogen (secondary N) is 1. The van der Waals surface area contributed by atoms with Crippen molar-refractivity contribution in [1.82, 2.24) is 20.2 Å². The van der Waals surface area contributed by atoms with E-state index in [1.165, 1.54) is 0 Å². The summed E-state index contributed by atoms with van der Waals surface area (Å²) in [5.74, 6) is 1.81. The molecule has 3 atom stereocenters. The molecule has 0 bridgehead atoms. The summed E-state index contributed by atoms with van der Waals surface area (Å²) >= 11 is 0. The van der Waals surface area contributed by atoms with Crippen molar-refractivity contribution in [2.24, 2.45) is 11.8 Å².